The fourth-order valence-electron chi connectivity index (χ4n) is 5.60. The molecule has 4 rings (SSSR count). The number of H-pyrrole nitrogens is 1. The molecule has 36 heavy (non-hydrogen) atoms. The van der Waals surface area contributed by atoms with E-state index in [9.17, 15) is 14.8 Å². The summed E-state index contributed by atoms with van der Waals surface area (Å²) in [5.41, 5.74) is 3.71. The summed E-state index contributed by atoms with van der Waals surface area (Å²) in [7, 11) is 2.71. The van der Waals surface area contributed by atoms with Crippen LogP contribution in [0.25, 0.3) is 10.8 Å². The highest BCUT2D eigenvalue weighted by atomic mass is 16.4. The number of nitrogens with zero attached hydrogens (tertiary/aromatic N) is 3. The van der Waals surface area contributed by atoms with Gasteiger partial charge in [-0.25, -0.2) is 4.98 Å². The minimum absolute atomic E-state index is 0.113. The number of fused-ring (bicyclic) bond motifs is 1. The molecule has 0 atom stereocenters. The number of aromatic amines is 1. The molecule has 2 aromatic heterocycles. The van der Waals surface area contributed by atoms with Crippen molar-refractivity contribution in [2.75, 3.05) is 30.9 Å². The van der Waals surface area contributed by atoms with Crippen molar-refractivity contribution in [2.45, 2.75) is 65.1 Å². The van der Waals surface area contributed by atoms with Crippen LogP contribution in [0.5, 0.6) is 0 Å². The largest absolute Gasteiger partial charge is 0.488 e. The highest BCUT2D eigenvalue weighted by Gasteiger charge is 2.28. The van der Waals surface area contributed by atoms with E-state index >= 15 is 0 Å². The Morgan fingerprint density at radius 1 is 1.08 bits per heavy atom. The van der Waals surface area contributed by atoms with Gasteiger partial charge in [0.1, 0.15) is 5.82 Å². The van der Waals surface area contributed by atoms with Gasteiger partial charge in [-0.3, -0.25) is 4.79 Å². The normalized spacial score (nSPS) is 18.0. The zero-order valence-electron chi connectivity index (χ0n) is 22.0. The topological polar surface area (TPSA) is 105 Å². The second-order valence-corrected chi connectivity index (χ2v) is 10.2. The highest BCUT2D eigenvalue weighted by Crippen LogP contribution is 2.34. The van der Waals surface area contributed by atoms with Gasteiger partial charge in [-0.2, -0.15) is 0 Å². The quantitative estimate of drug-likeness (QED) is 0.359. The predicted molar refractivity (Wildman–Crippen MR) is 148 cm³/mol. The first-order valence-corrected chi connectivity index (χ1v) is 12.8. The first-order valence-electron chi connectivity index (χ1n) is 12.8. The smallest absolute Gasteiger partial charge is 0.423 e. The van der Waals surface area contributed by atoms with Crippen LogP contribution in [0.15, 0.2) is 35.3 Å². The van der Waals surface area contributed by atoms with E-state index in [2.05, 4.69) is 46.1 Å². The minimum atomic E-state index is -1.59. The maximum atomic E-state index is 12.5. The second kappa shape index (κ2) is 11.0. The van der Waals surface area contributed by atoms with Crippen LogP contribution < -0.4 is 21.2 Å². The molecule has 0 unspecified atom stereocenters. The Morgan fingerprint density at radius 2 is 1.78 bits per heavy atom. The van der Waals surface area contributed by atoms with Crippen LogP contribution in [0.2, 0.25) is 0 Å². The molecule has 0 amide bonds. The van der Waals surface area contributed by atoms with E-state index < -0.39 is 7.12 Å². The number of nitrogens with one attached hydrogen (secondary N) is 2. The fourth-order valence-corrected chi connectivity index (χ4v) is 5.60. The van der Waals surface area contributed by atoms with Crippen molar-refractivity contribution in [3.8, 4) is 0 Å². The number of benzene rings is 1. The fraction of sp³-hybridized carbons (Fsp3) is 0.481. The van der Waals surface area contributed by atoms with Crippen molar-refractivity contribution in [2.24, 2.45) is 0 Å². The SMILES string of the molecule is CCN(c1cc(B(O)O)cc2c(NCc3c(C)cc(C)[nH]c3=O)nccc12)C1CCC(N(C)C)CC1. The summed E-state index contributed by atoms with van der Waals surface area (Å²) in [6, 6.07) is 8.61. The summed E-state index contributed by atoms with van der Waals surface area (Å²) in [6.45, 7) is 7.09. The lowest BCUT2D eigenvalue weighted by Gasteiger charge is -2.40. The third-order valence-electron chi connectivity index (χ3n) is 7.59. The Balaban J connectivity index is 1.71. The summed E-state index contributed by atoms with van der Waals surface area (Å²) >= 11 is 0. The summed E-state index contributed by atoms with van der Waals surface area (Å²) in [5, 5.41) is 25.4. The Hall–Kier alpha value is -2.88. The number of aromatic nitrogens is 2. The van der Waals surface area contributed by atoms with Crippen LogP contribution in [-0.4, -0.2) is 64.8 Å². The van der Waals surface area contributed by atoms with Gasteiger partial charge in [-0.1, -0.05) is 6.07 Å². The van der Waals surface area contributed by atoms with Gasteiger partial charge in [0.2, 0.25) is 0 Å². The molecule has 1 aromatic carbocycles. The molecule has 4 N–H and O–H groups in total. The van der Waals surface area contributed by atoms with Crippen molar-refractivity contribution in [3.63, 3.8) is 0 Å². The van der Waals surface area contributed by atoms with Gasteiger partial charge in [-0.05, 0) is 89.8 Å². The monoisotopic (exact) mass is 491 g/mol. The van der Waals surface area contributed by atoms with E-state index in [4.69, 9.17) is 0 Å². The molecule has 1 fully saturated rings. The van der Waals surface area contributed by atoms with Gasteiger partial charge in [-0.15, -0.1) is 0 Å². The molecule has 0 spiro atoms. The van der Waals surface area contributed by atoms with Crippen LogP contribution in [0.3, 0.4) is 0 Å². The van der Waals surface area contributed by atoms with Gasteiger partial charge in [0.15, 0.2) is 0 Å². The molecule has 9 heteroatoms. The van der Waals surface area contributed by atoms with E-state index in [1.54, 1.807) is 12.3 Å². The average molecular weight is 491 g/mol. The van der Waals surface area contributed by atoms with Crippen LogP contribution in [0.1, 0.15) is 49.4 Å². The molecule has 3 aromatic rings. The van der Waals surface area contributed by atoms with Gasteiger partial charge in [0.25, 0.3) is 5.56 Å². The Labute approximate surface area is 213 Å². The first kappa shape index (κ1) is 26.2. The van der Waals surface area contributed by atoms with Crippen molar-refractivity contribution in [3.05, 3.63) is 57.6 Å². The summed E-state index contributed by atoms with van der Waals surface area (Å²) < 4.78 is 0. The number of anilines is 2. The maximum absolute atomic E-state index is 12.5. The Bertz CT molecular complexity index is 1270. The molecule has 0 radical (unpaired) electrons. The molecule has 1 aliphatic rings. The molecule has 0 aliphatic heterocycles. The zero-order valence-corrected chi connectivity index (χ0v) is 22.0. The number of pyridine rings is 2. The molecule has 8 nitrogen and oxygen atoms in total. The molecule has 0 saturated heterocycles. The lowest BCUT2D eigenvalue weighted by atomic mass is 9.78. The Morgan fingerprint density at radius 3 is 2.39 bits per heavy atom. The Kier molecular flexibility index (Phi) is 8.02. The molecule has 0 bridgehead atoms. The third-order valence-corrected chi connectivity index (χ3v) is 7.59. The average Bonchev–Trinajstić information content (AvgIpc) is 2.84. The zero-order chi connectivity index (χ0) is 26.0. The lowest BCUT2D eigenvalue weighted by Crippen LogP contribution is -2.43. The number of hydrogen-bond donors (Lipinski definition) is 4. The molecule has 192 valence electrons. The van der Waals surface area contributed by atoms with Crippen molar-refractivity contribution >= 4 is 34.9 Å². The van der Waals surface area contributed by atoms with E-state index in [1.165, 1.54) is 0 Å². The van der Waals surface area contributed by atoms with Crippen LogP contribution in [-0.2, 0) is 6.54 Å². The summed E-state index contributed by atoms with van der Waals surface area (Å²) in [4.78, 5) is 24.7. The second-order valence-electron chi connectivity index (χ2n) is 10.2. The van der Waals surface area contributed by atoms with E-state index in [-0.39, 0.29) is 5.56 Å². The van der Waals surface area contributed by atoms with Crippen molar-refractivity contribution < 1.29 is 10.0 Å². The van der Waals surface area contributed by atoms with Crippen molar-refractivity contribution in [1.82, 2.24) is 14.9 Å². The number of hydrogen-bond acceptors (Lipinski definition) is 7. The lowest BCUT2D eigenvalue weighted by molar-refractivity contribution is 0.214. The van der Waals surface area contributed by atoms with Gasteiger partial charge in [0, 0.05) is 59.1 Å². The van der Waals surface area contributed by atoms with E-state index in [0.717, 1.165) is 59.9 Å². The van der Waals surface area contributed by atoms with Crippen LogP contribution >= 0.6 is 0 Å². The molecular formula is C27H38BN5O3. The van der Waals surface area contributed by atoms with E-state index in [1.807, 2.05) is 32.0 Å². The van der Waals surface area contributed by atoms with Gasteiger partial charge >= 0.3 is 7.12 Å². The maximum Gasteiger partial charge on any atom is 0.488 e. The molecule has 2 heterocycles. The first-order chi connectivity index (χ1) is 17.2. The van der Waals surface area contributed by atoms with Crippen LogP contribution in [0.4, 0.5) is 11.5 Å². The third kappa shape index (κ3) is 5.43. The number of rotatable bonds is 8. The standard InChI is InChI=1S/C27H38BN5O3/c1-6-33(21-9-7-20(8-10-21)32(4)5)25-15-19(28(35)36)14-23-22(25)11-12-29-26(23)30-16-24-17(2)13-18(3)31-27(24)34/h11-15,20-21,35-36H,6-10,16H2,1-5H3,(H,29,30)(H,31,34). The van der Waals surface area contributed by atoms with Gasteiger partial charge in [0.05, 0.1) is 0 Å². The minimum Gasteiger partial charge on any atom is -0.423 e. The van der Waals surface area contributed by atoms with Crippen LogP contribution in [0, 0.1) is 13.8 Å². The van der Waals surface area contributed by atoms with Crippen molar-refractivity contribution in [1.29, 1.82) is 0 Å². The summed E-state index contributed by atoms with van der Waals surface area (Å²) in [6.07, 6.45) is 6.25. The number of aryl methyl sites for hydroxylation is 2. The molecular weight excluding hydrogens is 453 g/mol. The van der Waals surface area contributed by atoms with Gasteiger partial charge < -0.3 is 30.1 Å². The highest BCUT2D eigenvalue weighted by molar-refractivity contribution is 6.59. The summed E-state index contributed by atoms with van der Waals surface area (Å²) in [5.74, 6) is 0.614. The molecule has 1 aliphatic carbocycles. The van der Waals surface area contributed by atoms with E-state index in [0.29, 0.717) is 35.5 Å². The predicted octanol–water partition coefficient (Wildman–Crippen LogP) is 2.53. The molecule has 1 saturated carbocycles.